The Morgan fingerprint density at radius 2 is 1.80 bits per heavy atom. The molecule has 2 aromatic carbocycles. The van der Waals surface area contributed by atoms with Crippen LogP contribution in [0.1, 0.15) is 5.56 Å². The van der Waals surface area contributed by atoms with Gasteiger partial charge in [0.15, 0.2) is 11.5 Å². The van der Waals surface area contributed by atoms with Gasteiger partial charge < -0.3 is 25.4 Å². The van der Waals surface area contributed by atoms with E-state index in [0.29, 0.717) is 23.6 Å². The Morgan fingerprint density at radius 1 is 1.11 bits per heavy atom. The van der Waals surface area contributed by atoms with Crippen molar-refractivity contribution in [2.75, 3.05) is 38.4 Å². The Hall–Kier alpha value is -4.40. The first kappa shape index (κ1) is 26.8. The van der Waals surface area contributed by atoms with Crippen LogP contribution in [0.25, 0.3) is 10.9 Å². The van der Waals surface area contributed by atoms with Crippen LogP contribution in [0, 0.1) is 0 Å². The highest BCUT2D eigenvalue weighted by atomic mass is 19.1. The number of ether oxygens (including phenoxy) is 2. The fraction of sp³-hybridized carbons (Fsp3) is 0.192. The number of aromatic nitrogens is 2. The van der Waals surface area contributed by atoms with E-state index in [1.807, 2.05) is 19.2 Å². The van der Waals surface area contributed by atoms with Crippen LogP contribution in [0.5, 0.6) is 11.5 Å². The molecule has 0 radical (unpaired) electrons. The van der Waals surface area contributed by atoms with Crippen LogP contribution in [0.15, 0.2) is 79.6 Å². The molecule has 3 N–H and O–H groups in total. The molecular weight excluding hydrogens is 449 g/mol. The molecule has 0 aliphatic carbocycles. The summed E-state index contributed by atoms with van der Waals surface area (Å²) in [6.07, 6.45) is 5.29. The van der Waals surface area contributed by atoms with Gasteiger partial charge in [-0.05, 0) is 42.3 Å². The van der Waals surface area contributed by atoms with Gasteiger partial charge in [0.2, 0.25) is 6.41 Å². The van der Waals surface area contributed by atoms with Crippen molar-refractivity contribution in [3.63, 3.8) is 0 Å². The van der Waals surface area contributed by atoms with Crippen molar-refractivity contribution < 1.29 is 18.7 Å². The summed E-state index contributed by atoms with van der Waals surface area (Å²) < 4.78 is 22.7. The van der Waals surface area contributed by atoms with Gasteiger partial charge in [-0.1, -0.05) is 25.3 Å². The number of hydrogen-bond donors (Lipinski definition) is 3. The largest absolute Gasteiger partial charge is 0.493 e. The average Bonchev–Trinajstić information content (AvgIpc) is 2.88. The van der Waals surface area contributed by atoms with E-state index >= 15 is 0 Å². The van der Waals surface area contributed by atoms with Crippen LogP contribution < -0.4 is 25.4 Å². The standard InChI is InChI=1S/C19H22N4O2.C7H8FNO/c1-20-14-6-4-13(5-7-14)8-9-21-19-15-10-17(24-2)18(25-3)11-16(15)22-12-23-19;1-3-7(9-5-10)4-6(2)8/h4-7,10-12,20H,8-9H2,1-3H3,(H,21,22,23);3-5H,1-2H2,(H,9,10)/b;7-4+. The Bertz CT molecular complexity index is 1180. The van der Waals surface area contributed by atoms with Crippen LogP contribution >= 0.6 is 0 Å². The summed E-state index contributed by atoms with van der Waals surface area (Å²) >= 11 is 0. The smallest absolute Gasteiger partial charge is 0.211 e. The lowest BCUT2D eigenvalue weighted by Crippen LogP contribution is -2.07. The zero-order chi connectivity index (χ0) is 25.6. The quantitative estimate of drug-likeness (QED) is 0.273. The van der Waals surface area contributed by atoms with E-state index in [0.717, 1.165) is 41.4 Å². The molecule has 0 unspecified atom stereocenters. The van der Waals surface area contributed by atoms with E-state index in [1.54, 1.807) is 20.5 Å². The number of halogens is 1. The second kappa shape index (κ2) is 14.0. The van der Waals surface area contributed by atoms with Gasteiger partial charge >= 0.3 is 0 Å². The van der Waals surface area contributed by atoms with Crippen LogP contribution in [0.2, 0.25) is 0 Å². The van der Waals surface area contributed by atoms with Crippen molar-refractivity contribution in [1.82, 2.24) is 15.3 Å². The molecule has 9 heteroatoms. The molecule has 35 heavy (non-hydrogen) atoms. The highest BCUT2D eigenvalue weighted by molar-refractivity contribution is 5.91. The highest BCUT2D eigenvalue weighted by Gasteiger charge is 2.10. The fourth-order valence-corrected chi connectivity index (χ4v) is 3.08. The van der Waals surface area contributed by atoms with E-state index < -0.39 is 5.83 Å². The summed E-state index contributed by atoms with van der Waals surface area (Å²) in [5.74, 6) is 1.49. The third-order valence-electron chi connectivity index (χ3n) is 4.85. The van der Waals surface area contributed by atoms with E-state index in [2.05, 4.69) is 63.3 Å². The second-order valence-corrected chi connectivity index (χ2v) is 7.08. The maximum Gasteiger partial charge on any atom is 0.211 e. The van der Waals surface area contributed by atoms with E-state index in [1.165, 1.54) is 11.6 Å². The normalized spacial score (nSPS) is 10.5. The van der Waals surface area contributed by atoms with Crippen LogP contribution in [-0.4, -0.2) is 44.2 Å². The Morgan fingerprint density at radius 3 is 2.37 bits per heavy atom. The number of methoxy groups -OCH3 is 2. The Labute approximate surface area is 204 Å². The molecule has 0 saturated carbocycles. The van der Waals surface area contributed by atoms with Crippen LogP contribution in [0.4, 0.5) is 15.9 Å². The van der Waals surface area contributed by atoms with E-state index in [9.17, 15) is 9.18 Å². The number of hydrogen-bond acceptors (Lipinski definition) is 7. The number of nitrogens with one attached hydrogen (secondary N) is 3. The van der Waals surface area contributed by atoms with Gasteiger partial charge in [0, 0.05) is 36.4 Å². The third-order valence-corrected chi connectivity index (χ3v) is 4.85. The lowest BCUT2D eigenvalue weighted by molar-refractivity contribution is -0.108. The molecule has 184 valence electrons. The summed E-state index contributed by atoms with van der Waals surface area (Å²) in [5, 5.41) is 9.65. The SMILES string of the molecule is C=C/C(=C\C(=C)F)NC=O.CNc1ccc(CCNc2ncnc3cc(OC)c(OC)cc23)cc1. The minimum Gasteiger partial charge on any atom is -0.493 e. The molecule has 1 heterocycles. The topological polar surface area (TPSA) is 97.4 Å². The summed E-state index contributed by atoms with van der Waals surface area (Å²) in [4.78, 5) is 18.5. The number of rotatable bonds is 11. The molecule has 0 atom stereocenters. The average molecular weight is 480 g/mol. The third kappa shape index (κ3) is 8.15. The molecule has 1 amide bonds. The van der Waals surface area contributed by atoms with Crippen molar-refractivity contribution >= 4 is 28.8 Å². The second-order valence-electron chi connectivity index (χ2n) is 7.08. The summed E-state index contributed by atoms with van der Waals surface area (Å²) in [5.41, 5.74) is 3.49. The molecule has 0 fully saturated rings. The van der Waals surface area contributed by atoms with Crippen molar-refractivity contribution in [2.45, 2.75) is 6.42 Å². The van der Waals surface area contributed by atoms with E-state index in [4.69, 9.17) is 9.47 Å². The van der Waals surface area contributed by atoms with Crippen molar-refractivity contribution in [1.29, 1.82) is 0 Å². The molecule has 0 aliphatic heterocycles. The Balaban J connectivity index is 0.000000367. The fourth-order valence-electron chi connectivity index (χ4n) is 3.08. The molecule has 0 saturated heterocycles. The number of amides is 1. The zero-order valence-electron chi connectivity index (χ0n) is 20.1. The van der Waals surface area contributed by atoms with Gasteiger partial charge in [0.1, 0.15) is 18.0 Å². The van der Waals surface area contributed by atoms with Gasteiger partial charge in [-0.15, -0.1) is 0 Å². The van der Waals surface area contributed by atoms with Gasteiger partial charge in [-0.2, -0.15) is 0 Å². The monoisotopic (exact) mass is 479 g/mol. The number of allylic oxidation sites excluding steroid dienone is 3. The summed E-state index contributed by atoms with van der Waals surface area (Å²) in [7, 11) is 5.15. The molecule has 3 aromatic rings. The molecule has 8 nitrogen and oxygen atoms in total. The molecule has 3 rings (SSSR count). The number of carbonyl (C=O) groups excluding carboxylic acids is 1. The predicted molar refractivity (Wildman–Crippen MR) is 139 cm³/mol. The maximum absolute atomic E-state index is 12.0. The van der Waals surface area contributed by atoms with Crippen molar-refractivity contribution in [3.8, 4) is 11.5 Å². The van der Waals surface area contributed by atoms with Crippen LogP contribution in [0.3, 0.4) is 0 Å². The highest BCUT2D eigenvalue weighted by Crippen LogP contribution is 2.33. The zero-order valence-corrected chi connectivity index (χ0v) is 20.1. The first-order valence-electron chi connectivity index (χ1n) is 10.7. The van der Waals surface area contributed by atoms with E-state index in [-0.39, 0.29) is 0 Å². The number of anilines is 2. The molecule has 0 bridgehead atoms. The van der Waals surface area contributed by atoms with Crippen molar-refractivity contribution in [3.05, 3.63) is 85.1 Å². The van der Waals surface area contributed by atoms with Gasteiger partial charge in [-0.25, -0.2) is 14.4 Å². The molecule has 0 spiro atoms. The first-order chi connectivity index (χ1) is 16.9. The first-order valence-corrected chi connectivity index (χ1v) is 10.7. The van der Waals surface area contributed by atoms with Crippen molar-refractivity contribution in [2.24, 2.45) is 0 Å². The predicted octanol–water partition coefficient (Wildman–Crippen LogP) is 4.63. The lowest BCUT2D eigenvalue weighted by atomic mass is 10.1. The summed E-state index contributed by atoms with van der Waals surface area (Å²) in [6.45, 7) is 7.09. The number of benzene rings is 2. The Kier molecular flexibility index (Phi) is 10.7. The maximum atomic E-state index is 12.0. The number of carbonyl (C=O) groups is 1. The van der Waals surface area contributed by atoms with Gasteiger partial charge in [-0.3, -0.25) is 4.79 Å². The van der Waals surface area contributed by atoms with Gasteiger partial charge in [0.25, 0.3) is 0 Å². The molecular formula is C26H30FN5O3. The number of fused-ring (bicyclic) bond motifs is 1. The lowest BCUT2D eigenvalue weighted by Gasteiger charge is -2.12. The minimum absolute atomic E-state index is 0.294. The molecule has 1 aromatic heterocycles. The summed E-state index contributed by atoms with van der Waals surface area (Å²) in [6, 6.07) is 12.2. The van der Waals surface area contributed by atoms with Gasteiger partial charge in [0.05, 0.1) is 19.7 Å². The number of nitrogens with zero attached hydrogens (tertiary/aromatic N) is 2. The van der Waals surface area contributed by atoms with Crippen LogP contribution in [-0.2, 0) is 11.2 Å². The molecule has 0 aliphatic rings. The minimum atomic E-state index is -0.621.